The highest BCUT2D eigenvalue weighted by Crippen LogP contribution is 2.21. The third-order valence-electron chi connectivity index (χ3n) is 3.47. The number of para-hydroxylation sites is 1. The number of nitrogens with zero attached hydrogens (tertiary/aromatic N) is 1. The van der Waals surface area contributed by atoms with Crippen LogP contribution in [0.25, 0.3) is 10.9 Å². The highest BCUT2D eigenvalue weighted by Gasteiger charge is 2.05. The van der Waals surface area contributed by atoms with E-state index < -0.39 is 6.10 Å². The molecule has 0 saturated heterocycles. The Labute approximate surface area is 129 Å². The van der Waals surface area contributed by atoms with Crippen LogP contribution in [-0.4, -0.2) is 10.1 Å². The van der Waals surface area contributed by atoms with Gasteiger partial charge in [0, 0.05) is 5.39 Å². The second kappa shape index (κ2) is 6.41. The van der Waals surface area contributed by atoms with Gasteiger partial charge in [-0.1, -0.05) is 42.5 Å². The topological polar surface area (TPSA) is 42.4 Å². The van der Waals surface area contributed by atoms with Crippen LogP contribution < -0.4 is 4.74 Å². The van der Waals surface area contributed by atoms with Gasteiger partial charge in [-0.2, -0.15) is 0 Å². The van der Waals surface area contributed by atoms with Crippen LogP contribution in [0.4, 0.5) is 0 Å². The summed E-state index contributed by atoms with van der Waals surface area (Å²) in [4.78, 5) is 4.57. The molecule has 1 atom stereocenters. The van der Waals surface area contributed by atoms with E-state index in [2.05, 4.69) is 11.6 Å². The summed E-state index contributed by atoms with van der Waals surface area (Å²) < 4.78 is 5.77. The van der Waals surface area contributed by atoms with Crippen LogP contribution in [0.5, 0.6) is 5.75 Å². The first-order valence-electron chi connectivity index (χ1n) is 7.14. The van der Waals surface area contributed by atoms with Gasteiger partial charge in [-0.15, -0.1) is 6.58 Å². The minimum atomic E-state index is -0.678. The average Bonchev–Trinajstić information content (AvgIpc) is 2.59. The summed E-state index contributed by atoms with van der Waals surface area (Å²) in [5.74, 6) is 0.702. The molecule has 1 heterocycles. The Morgan fingerprint density at radius 2 is 1.95 bits per heavy atom. The first kappa shape index (κ1) is 14.3. The number of aliphatic hydroxyl groups is 1. The van der Waals surface area contributed by atoms with E-state index in [0.29, 0.717) is 12.4 Å². The molecule has 2 aromatic carbocycles. The van der Waals surface area contributed by atoms with Crippen LogP contribution in [0.15, 0.2) is 73.3 Å². The number of hydrogen-bond donors (Lipinski definition) is 1. The first-order valence-corrected chi connectivity index (χ1v) is 7.14. The summed E-state index contributed by atoms with van der Waals surface area (Å²) in [5, 5.41) is 10.9. The highest BCUT2D eigenvalue weighted by atomic mass is 16.5. The summed E-state index contributed by atoms with van der Waals surface area (Å²) in [6, 6.07) is 19.4. The van der Waals surface area contributed by atoms with Crippen LogP contribution in [-0.2, 0) is 6.61 Å². The van der Waals surface area contributed by atoms with Gasteiger partial charge in [0.25, 0.3) is 0 Å². The van der Waals surface area contributed by atoms with Gasteiger partial charge in [0.15, 0.2) is 0 Å². The summed E-state index contributed by atoms with van der Waals surface area (Å²) in [6.07, 6.45) is 0.812. The molecule has 3 nitrogen and oxygen atoms in total. The molecule has 0 fully saturated rings. The quantitative estimate of drug-likeness (QED) is 0.722. The molecule has 0 amide bonds. The number of aromatic nitrogens is 1. The molecule has 110 valence electrons. The number of fused-ring (bicyclic) bond motifs is 1. The maximum Gasteiger partial charge on any atom is 0.130 e. The molecule has 1 unspecified atom stereocenters. The standard InChI is InChI=1S/C19H17NO2/c1-2-19(21)15-7-5-8-17(12-15)22-13-16-11-10-14-6-3-4-9-18(14)20-16/h2-12,19,21H,1,13H2. The molecule has 0 radical (unpaired) electrons. The van der Waals surface area contributed by atoms with Crippen LogP contribution in [0.3, 0.4) is 0 Å². The van der Waals surface area contributed by atoms with E-state index in [4.69, 9.17) is 4.74 Å². The molecule has 1 aromatic heterocycles. The Bertz CT molecular complexity index is 798. The van der Waals surface area contributed by atoms with E-state index in [-0.39, 0.29) is 0 Å². The molecule has 22 heavy (non-hydrogen) atoms. The lowest BCUT2D eigenvalue weighted by atomic mass is 10.1. The fraction of sp³-hybridized carbons (Fsp3) is 0.105. The van der Waals surface area contributed by atoms with E-state index in [1.165, 1.54) is 6.08 Å². The molecule has 0 spiro atoms. The molecule has 0 aliphatic heterocycles. The second-order valence-corrected chi connectivity index (χ2v) is 5.04. The summed E-state index contributed by atoms with van der Waals surface area (Å²) >= 11 is 0. The third-order valence-corrected chi connectivity index (χ3v) is 3.47. The van der Waals surface area contributed by atoms with E-state index >= 15 is 0 Å². The van der Waals surface area contributed by atoms with Gasteiger partial charge >= 0.3 is 0 Å². The summed E-state index contributed by atoms with van der Waals surface area (Å²) in [7, 11) is 0. The second-order valence-electron chi connectivity index (χ2n) is 5.04. The zero-order chi connectivity index (χ0) is 15.4. The smallest absolute Gasteiger partial charge is 0.130 e. The van der Waals surface area contributed by atoms with E-state index in [1.54, 1.807) is 0 Å². The SMILES string of the molecule is C=CC(O)c1cccc(OCc2ccc3ccccc3n2)c1. The Morgan fingerprint density at radius 3 is 2.82 bits per heavy atom. The third kappa shape index (κ3) is 3.15. The minimum Gasteiger partial charge on any atom is -0.487 e. The van der Waals surface area contributed by atoms with Gasteiger partial charge < -0.3 is 9.84 Å². The van der Waals surface area contributed by atoms with Crippen molar-refractivity contribution in [1.82, 2.24) is 4.98 Å². The summed E-state index contributed by atoms with van der Waals surface area (Å²) in [5.41, 5.74) is 2.59. The molecule has 0 aliphatic carbocycles. The lowest BCUT2D eigenvalue weighted by Crippen LogP contribution is -1.99. The fourth-order valence-electron chi connectivity index (χ4n) is 2.27. The fourth-order valence-corrected chi connectivity index (χ4v) is 2.27. The zero-order valence-electron chi connectivity index (χ0n) is 12.1. The molecule has 1 N–H and O–H groups in total. The van der Waals surface area contributed by atoms with Crippen molar-refractivity contribution < 1.29 is 9.84 Å². The lowest BCUT2D eigenvalue weighted by Gasteiger charge is -2.10. The number of pyridine rings is 1. The van der Waals surface area contributed by atoms with E-state index in [0.717, 1.165) is 22.2 Å². The van der Waals surface area contributed by atoms with Gasteiger partial charge in [0.1, 0.15) is 12.4 Å². The largest absolute Gasteiger partial charge is 0.487 e. The lowest BCUT2D eigenvalue weighted by molar-refractivity contribution is 0.227. The van der Waals surface area contributed by atoms with E-state index in [9.17, 15) is 5.11 Å². The predicted octanol–water partition coefficient (Wildman–Crippen LogP) is 4.03. The number of rotatable bonds is 5. The van der Waals surface area contributed by atoms with Crippen LogP contribution in [0, 0.1) is 0 Å². The molecule has 0 saturated carbocycles. The molecule has 0 bridgehead atoms. The van der Waals surface area contributed by atoms with Crippen molar-refractivity contribution in [2.24, 2.45) is 0 Å². The monoisotopic (exact) mass is 291 g/mol. The Hall–Kier alpha value is -2.65. The maximum absolute atomic E-state index is 9.77. The van der Waals surface area contributed by atoms with Crippen LogP contribution in [0.1, 0.15) is 17.4 Å². The van der Waals surface area contributed by atoms with Crippen molar-refractivity contribution in [3.63, 3.8) is 0 Å². The molecule has 3 heteroatoms. The number of aliphatic hydroxyl groups excluding tert-OH is 1. The number of benzene rings is 2. The Morgan fingerprint density at radius 1 is 1.09 bits per heavy atom. The van der Waals surface area contributed by atoms with Crippen LogP contribution in [0.2, 0.25) is 0 Å². The van der Waals surface area contributed by atoms with Crippen molar-refractivity contribution in [3.8, 4) is 5.75 Å². The van der Waals surface area contributed by atoms with Crippen molar-refractivity contribution in [1.29, 1.82) is 0 Å². The van der Waals surface area contributed by atoms with Crippen molar-refractivity contribution in [2.45, 2.75) is 12.7 Å². The van der Waals surface area contributed by atoms with Crippen LogP contribution >= 0.6 is 0 Å². The predicted molar refractivity (Wildman–Crippen MR) is 87.7 cm³/mol. The van der Waals surface area contributed by atoms with Crippen molar-refractivity contribution in [2.75, 3.05) is 0 Å². The molecule has 3 aromatic rings. The van der Waals surface area contributed by atoms with Gasteiger partial charge in [0.2, 0.25) is 0 Å². The molecular formula is C19H17NO2. The Balaban J connectivity index is 1.74. The first-order chi connectivity index (χ1) is 10.8. The van der Waals surface area contributed by atoms with Crippen molar-refractivity contribution >= 4 is 10.9 Å². The normalized spacial score (nSPS) is 12.0. The van der Waals surface area contributed by atoms with Crippen molar-refractivity contribution in [3.05, 3.63) is 84.6 Å². The van der Waals surface area contributed by atoms with Gasteiger partial charge in [-0.05, 0) is 29.8 Å². The van der Waals surface area contributed by atoms with Gasteiger partial charge in [-0.3, -0.25) is 0 Å². The minimum absolute atomic E-state index is 0.387. The van der Waals surface area contributed by atoms with Gasteiger partial charge in [-0.25, -0.2) is 4.98 Å². The summed E-state index contributed by atoms with van der Waals surface area (Å²) in [6.45, 7) is 3.98. The maximum atomic E-state index is 9.77. The molecule has 0 aliphatic rings. The number of ether oxygens (including phenoxy) is 1. The highest BCUT2D eigenvalue weighted by molar-refractivity contribution is 5.78. The van der Waals surface area contributed by atoms with Gasteiger partial charge in [0.05, 0.1) is 17.3 Å². The molecular weight excluding hydrogens is 274 g/mol. The Kier molecular flexibility index (Phi) is 4.17. The number of hydrogen-bond acceptors (Lipinski definition) is 3. The molecule has 3 rings (SSSR count). The zero-order valence-corrected chi connectivity index (χ0v) is 12.1. The van der Waals surface area contributed by atoms with E-state index in [1.807, 2.05) is 60.7 Å². The average molecular weight is 291 g/mol.